The largest absolute Gasteiger partial charge is 0.479 e. The Bertz CT molecular complexity index is 170. The van der Waals surface area contributed by atoms with E-state index in [-0.39, 0.29) is 6.10 Å². The maximum atomic E-state index is 5.34. The Morgan fingerprint density at radius 2 is 2.38 bits per heavy atom. The number of oxime groups is 1. The van der Waals surface area contributed by atoms with Crippen molar-refractivity contribution >= 4 is 5.90 Å². The van der Waals surface area contributed by atoms with E-state index >= 15 is 0 Å². The lowest BCUT2D eigenvalue weighted by Gasteiger charge is -2.07. The molecule has 0 saturated carbocycles. The van der Waals surface area contributed by atoms with Gasteiger partial charge in [0.15, 0.2) is 6.10 Å². The second kappa shape index (κ2) is 5.80. The first-order valence-electron chi connectivity index (χ1n) is 4.80. The first-order valence-corrected chi connectivity index (χ1v) is 4.80. The molecule has 0 saturated heterocycles. The molecule has 4 heteroatoms. The van der Waals surface area contributed by atoms with E-state index in [1.807, 2.05) is 6.92 Å². The first kappa shape index (κ1) is 10.3. The van der Waals surface area contributed by atoms with E-state index in [4.69, 9.17) is 14.3 Å². The summed E-state index contributed by atoms with van der Waals surface area (Å²) in [5.41, 5.74) is 0. The molecule has 1 unspecified atom stereocenters. The third-order valence-electron chi connectivity index (χ3n) is 1.67. The molecule has 1 rings (SSSR count). The molecule has 0 amide bonds. The fourth-order valence-electron chi connectivity index (χ4n) is 1.10. The zero-order valence-electron chi connectivity index (χ0n) is 8.28. The second-order valence-corrected chi connectivity index (χ2v) is 2.92. The van der Waals surface area contributed by atoms with Crippen LogP contribution in [0.1, 0.15) is 26.7 Å². The van der Waals surface area contributed by atoms with E-state index in [1.54, 1.807) is 0 Å². The summed E-state index contributed by atoms with van der Waals surface area (Å²) in [4.78, 5) is 5.10. The van der Waals surface area contributed by atoms with E-state index in [0.29, 0.717) is 19.1 Å². The van der Waals surface area contributed by atoms with Crippen molar-refractivity contribution in [3.05, 3.63) is 0 Å². The molecular weight excluding hydrogens is 170 g/mol. The average Bonchev–Trinajstić information content (AvgIpc) is 2.54. The van der Waals surface area contributed by atoms with E-state index in [2.05, 4.69) is 12.1 Å². The van der Waals surface area contributed by atoms with E-state index < -0.39 is 0 Å². The van der Waals surface area contributed by atoms with Crippen LogP contribution in [0.3, 0.4) is 0 Å². The van der Waals surface area contributed by atoms with Gasteiger partial charge in [0.1, 0.15) is 0 Å². The molecule has 0 spiro atoms. The van der Waals surface area contributed by atoms with Crippen LogP contribution in [0.2, 0.25) is 0 Å². The molecule has 0 N–H and O–H groups in total. The van der Waals surface area contributed by atoms with Gasteiger partial charge in [0.25, 0.3) is 0 Å². The Morgan fingerprint density at radius 1 is 1.54 bits per heavy atom. The van der Waals surface area contributed by atoms with Crippen molar-refractivity contribution in [1.29, 1.82) is 0 Å². The van der Waals surface area contributed by atoms with Gasteiger partial charge >= 0.3 is 0 Å². The van der Waals surface area contributed by atoms with Crippen LogP contribution in [0.15, 0.2) is 5.16 Å². The molecule has 1 atom stereocenters. The molecule has 0 aromatic heterocycles. The molecule has 0 aromatic rings. The Kier molecular flexibility index (Phi) is 4.60. The molecule has 0 fully saturated rings. The molecule has 1 heterocycles. The number of hydrogen-bond donors (Lipinski definition) is 0. The number of rotatable bonds is 5. The molecule has 4 nitrogen and oxygen atoms in total. The Hall–Kier alpha value is -0.770. The van der Waals surface area contributed by atoms with E-state index in [9.17, 15) is 0 Å². The highest BCUT2D eigenvalue weighted by Gasteiger charge is 2.21. The summed E-state index contributed by atoms with van der Waals surface area (Å²) in [6.45, 7) is 6.05. The molecule has 1 aliphatic rings. The van der Waals surface area contributed by atoms with Gasteiger partial charge < -0.3 is 14.3 Å². The van der Waals surface area contributed by atoms with Crippen molar-refractivity contribution in [2.75, 3.05) is 19.8 Å². The van der Waals surface area contributed by atoms with Gasteiger partial charge in [-0.3, -0.25) is 0 Å². The van der Waals surface area contributed by atoms with Crippen molar-refractivity contribution in [3.63, 3.8) is 0 Å². The highest BCUT2D eigenvalue weighted by atomic mass is 16.7. The summed E-state index contributed by atoms with van der Waals surface area (Å²) >= 11 is 0. The summed E-state index contributed by atoms with van der Waals surface area (Å²) in [6.07, 6.45) is 1.82. The summed E-state index contributed by atoms with van der Waals surface area (Å²) in [7, 11) is 0. The van der Waals surface area contributed by atoms with Crippen LogP contribution in [0.4, 0.5) is 0 Å². The minimum atomic E-state index is 0.0492. The lowest BCUT2D eigenvalue weighted by molar-refractivity contribution is 0.00310. The number of ether oxygens (including phenoxy) is 2. The zero-order chi connectivity index (χ0) is 9.52. The highest BCUT2D eigenvalue weighted by molar-refractivity contribution is 5.77. The molecule has 1 aliphatic heterocycles. The highest BCUT2D eigenvalue weighted by Crippen LogP contribution is 2.11. The molecule has 0 radical (unpaired) electrons. The predicted octanol–water partition coefficient (Wildman–Crippen LogP) is 1.55. The van der Waals surface area contributed by atoms with Gasteiger partial charge in [-0.25, -0.2) is 0 Å². The van der Waals surface area contributed by atoms with Crippen molar-refractivity contribution in [3.8, 4) is 0 Å². The number of hydrogen-bond acceptors (Lipinski definition) is 4. The molecule has 0 aliphatic carbocycles. The van der Waals surface area contributed by atoms with Gasteiger partial charge in [0, 0.05) is 6.61 Å². The average molecular weight is 187 g/mol. The van der Waals surface area contributed by atoms with Gasteiger partial charge in [-0.1, -0.05) is 12.1 Å². The third-order valence-corrected chi connectivity index (χ3v) is 1.67. The smallest absolute Gasteiger partial charge is 0.229 e. The number of nitrogens with zero attached hydrogens (tertiary/aromatic N) is 1. The minimum Gasteiger partial charge on any atom is -0.479 e. The first-order chi connectivity index (χ1) is 6.36. The molecule has 0 bridgehead atoms. The standard InChI is InChI=1S/C9H17NO3/c1-3-5-11-7-8-6-9(10-13-8)12-4-2/h8H,3-7H2,1-2H3. The van der Waals surface area contributed by atoms with Gasteiger partial charge in [-0.05, 0) is 13.3 Å². The fraction of sp³-hybridized carbons (Fsp3) is 0.889. The second-order valence-electron chi connectivity index (χ2n) is 2.92. The fourth-order valence-corrected chi connectivity index (χ4v) is 1.10. The van der Waals surface area contributed by atoms with Crippen LogP contribution in [-0.4, -0.2) is 31.8 Å². The summed E-state index contributed by atoms with van der Waals surface area (Å²) in [6, 6.07) is 0. The normalized spacial score (nSPS) is 21.1. The zero-order valence-corrected chi connectivity index (χ0v) is 8.28. The molecular formula is C9H17NO3. The third kappa shape index (κ3) is 3.63. The molecule has 13 heavy (non-hydrogen) atoms. The van der Waals surface area contributed by atoms with Crippen LogP contribution in [-0.2, 0) is 14.3 Å². The van der Waals surface area contributed by atoms with Crippen LogP contribution in [0.5, 0.6) is 0 Å². The quantitative estimate of drug-likeness (QED) is 0.613. The van der Waals surface area contributed by atoms with Crippen molar-refractivity contribution < 1.29 is 14.3 Å². The van der Waals surface area contributed by atoms with Crippen molar-refractivity contribution in [1.82, 2.24) is 0 Å². The van der Waals surface area contributed by atoms with Gasteiger partial charge in [-0.2, -0.15) is 0 Å². The van der Waals surface area contributed by atoms with Crippen molar-refractivity contribution in [2.24, 2.45) is 5.16 Å². The van der Waals surface area contributed by atoms with Gasteiger partial charge in [-0.15, -0.1) is 0 Å². The van der Waals surface area contributed by atoms with E-state index in [1.165, 1.54) is 0 Å². The summed E-state index contributed by atoms with van der Waals surface area (Å²) in [5.74, 6) is 0.688. The Morgan fingerprint density at radius 3 is 3.08 bits per heavy atom. The predicted molar refractivity (Wildman–Crippen MR) is 49.7 cm³/mol. The molecule has 0 aromatic carbocycles. The van der Waals surface area contributed by atoms with E-state index in [0.717, 1.165) is 19.4 Å². The maximum Gasteiger partial charge on any atom is 0.229 e. The Labute approximate surface area is 78.8 Å². The summed E-state index contributed by atoms with van der Waals surface area (Å²) in [5, 5.41) is 3.80. The van der Waals surface area contributed by atoms with Crippen LogP contribution in [0.25, 0.3) is 0 Å². The van der Waals surface area contributed by atoms with Crippen LogP contribution in [0, 0.1) is 0 Å². The van der Waals surface area contributed by atoms with Gasteiger partial charge in [0.05, 0.1) is 19.6 Å². The SMILES string of the molecule is CCCOCC1CC(OCC)=NO1. The monoisotopic (exact) mass is 187 g/mol. The van der Waals surface area contributed by atoms with Crippen molar-refractivity contribution in [2.45, 2.75) is 32.8 Å². The topological polar surface area (TPSA) is 40.0 Å². The maximum absolute atomic E-state index is 5.34. The lowest BCUT2D eigenvalue weighted by atomic mass is 10.3. The minimum absolute atomic E-state index is 0.0492. The van der Waals surface area contributed by atoms with Crippen LogP contribution < -0.4 is 0 Å². The Balaban J connectivity index is 2.07. The lowest BCUT2D eigenvalue weighted by Crippen LogP contribution is -2.17. The molecule has 76 valence electrons. The van der Waals surface area contributed by atoms with Gasteiger partial charge in [0.2, 0.25) is 5.90 Å². The van der Waals surface area contributed by atoms with Crippen LogP contribution >= 0.6 is 0 Å². The summed E-state index contributed by atoms with van der Waals surface area (Å²) < 4.78 is 10.5.